The highest BCUT2D eigenvalue weighted by molar-refractivity contribution is 14.0. The fourth-order valence-electron chi connectivity index (χ4n) is 2.32. The lowest BCUT2D eigenvalue weighted by Crippen LogP contribution is -2.41. The molecule has 0 saturated carbocycles. The zero-order valence-electron chi connectivity index (χ0n) is 12.6. The Morgan fingerprint density at radius 3 is 2.59 bits per heavy atom. The van der Waals surface area contributed by atoms with E-state index in [1.54, 1.807) is 13.1 Å². The van der Waals surface area contributed by atoms with Crippen LogP contribution in [0.3, 0.4) is 0 Å². The Morgan fingerprint density at radius 2 is 2.00 bits per heavy atom. The monoisotopic (exact) mass is 457 g/mol. The van der Waals surface area contributed by atoms with Gasteiger partial charge in [0.1, 0.15) is 0 Å². The minimum Gasteiger partial charge on any atom is -0.376 e. The standard InChI is InChI=1S/C15H21Cl2N3O.HI/c1-18-15(20-10-14-3-2-6-21-14)19-5-4-11-7-12(16)9-13(17)8-11;/h7-9,14H,2-6,10H2,1H3,(H2,18,19,20);1H. The number of guanidine groups is 1. The summed E-state index contributed by atoms with van der Waals surface area (Å²) in [6, 6.07) is 5.59. The van der Waals surface area contributed by atoms with Gasteiger partial charge in [0.05, 0.1) is 6.10 Å². The van der Waals surface area contributed by atoms with Crippen molar-refractivity contribution >= 4 is 53.1 Å². The van der Waals surface area contributed by atoms with Crippen LogP contribution >= 0.6 is 47.2 Å². The molecular weight excluding hydrogens is 436 g/mol. The van der Waals surface area contributed by atoms with Crippen molar-refractivity contribution in [1.29, 1.82) is 0 Å². The van der Waals surface area contributed by atoms with Crippen molar-refractivity contribution in [3.63, 3.8) is 0 Å². The van der Waals surface area contributed by atoms with E-state index in [0.717, 1.165) is 50.5 Å². The molecule has 1 fully saturated rings. The van der Waals surface area contributed by atoms with Crippen LogP contribution < -0.4 is 10.6 Å². The molecule has 2 rings (SSSR count). The Kier molecular flexibility index (Phi) is 9.47. The molecule has 7 heteroatoms. The van der Waals surface area contributed by atoms with Crippen LogP contribution in [0.4, 0.5) is 0 Å². The molecule has 0 bridgehead atoms. The van der Waals surface area contributed by atoms with Crippen molar-refractivity contribution in [2.45, 2.75) is 25.4 Å². The van der Waals surface area contributed by atoms with Crippen LogP contribution in [0.25, 0.3) is 0 Å². The van der Waals surface area contributed by atoms with Crippen molar-refractivity contribution in [2.75, 3.05) is 26.7 Å². The van der Waals surface area contributed by atoms with E-state index in [9.17, 15) is 0 Å². The van der Waals surface area contributed by atoms with Gasteiger partial charge in [-0.2, -0.15) is 0 Å². The number of nitrogens with zero attached hydrogens (tertiary/aromatic N) is 1. The highest BCUT2D eigenvalue weighted by atomic mass is 127. The van der Waals surface area contributed by atoms with Crippen molar-refractivity contribution in [2.24, 2.45) is 4.99 Å². The molecule has 1 unspecified atom stereocenters. The Balaban J connectivity index is 0.00000242. The third-order valence-corrected chi connectivity index (χ3v) is 3.81. The molecule has 2 N–H and O–H groups in total. The number of aliphatic imine (C=N–C) groups is 1. The molecule has 1 aliphatic heterocycles. The molecule has 1 atom stereocenters. The predicted octanol–water partition coefficient (Wildman–Crippen LogP) is 3.50. The number of nitrogens with one attached hydrogen (secondary N) is 2. The minimum absolute atomic E-state index is 0. The zero-order valence-corrected chi connectivity index (χ0v) is 16.4. The van der Waals surface area contributed by atoms with Gasteiger partial charge in [0.15, 0.2) is 5.96 Å². The van der Waals surface area contributed by atoms with E-state index in [1.807, 2.05) is 12.1 Å². The summed E-state index contributed by atoms with van der Waals surface area (Å²) in [5.41, 5.74) is 1.11. The summed E-state index contributed by atoms with van der Waals surface area (Å²) in [5.74, 6) is 0.790. The number of rotatable bonds is 5. The third-order valence-electron chi connectivity index (χ3n) is 3.37. The van der Waals surface area contributed by atoms with Crippen LogP contribution in [-0.4, -0.2) is 38.8 Å². The number of ether oxygens (including phenoxy) is 1. The summed E-state index contributed by atoms with van der Waals surface area (Å²) in [5, 5.41) is 7.89. The summed E-state index contributed by atoms with van der Waals surface area (Å²) in [7, 11) is 1.76. The highest BCUT2D eigenvalue weighted by Gasteiger charge is 2.15. The van der Waals surface area contributed by atoms with Gasteiger partial charge < -0.3 is 15.4 Å². The van der Waals surface area contributed by atoms with Crippen LogP contribution in [0.2, 0.25) is 10.0 Å². The van der Waals surface area contributed by atoms with E-state index < -0.39 is 0 Å². The Labute approximate surface area is 159 Å². The van der Waals surface area contributed by atoms with E-state index in [2.05, 4.69) is 15.6 Å². The lowest BCUT2D eigenvalue weighted by atomic mass is 10.1. The maximum absolute atomic E-state index is 5.99. The van der Waals surface area contributed by atoms with Gasteiger partial charge in [-0.3, -0.25) is 4.99 Å². The van der Waals surface area contributed by atoms with E-state index in [1.165, 1.54) is 0 Å². The summed E-state index contributed by atoms with van der Waals surface area (Å²) in [4.78, 5) is 4.20. The van der Waals surface area contributed by atoms with Gasteiger partial charge >= 0.3 is 0 Å². The first kappa shape index (κ1) is 19.8. The van der Waals surface area contributed by atoms with Crippen molar-refractivity contribution < 1.29 is 4.74 Å². The lowest BCUT2D eigenvalue weighted by molar-refractivity contribution is 0.114. The minimum atomic E-state index is 0. The Morgan fingerprint density at radius 1 is 1.27 bits per heavy atom. The molecule has 124 valence electrons. The molecule has 1 aromatic rings. The first-order valence-electron chi connectivity index (χ1n) is 7.18. The van der Waals surface area contributed by atoms with Crippen LogP contribution in [0.1, 0.15) is 18.4 Å². The summed E-state index contributed by atoms with van der Waals surface area (Å²) in [6.45, 7) is 2.43. The van der Waals surface area contributed by atoms with E-state index >= 15 is 0 Å². The van der Waals surface area contributed by atoms with Crippen LogP contribution in [0.5, 0.6) is 0 Å². The van der Waals surface area contributed by atoms with E-state index in [0.29, 0.717) is 16.1 Å². The van der Waals surface area contributed by atoms with E-state index in [4.69, 9.17) is 27.9 Å². The molecule has 0 spiro atoms. The average Bonchev–Trinajstić information content (AvgIpc) is 2.94. The van der Waals surface area contributed by atoms with Crippen LogP contribution in [-0.2, 0) is 11.2 Å². The summed E-state index contributed by atoms with van der Waals surface area (Å²) >= 11 is 12.0. The highest BCUT2D eigenvalue weighted by Crippen LogP contribution is 2.19. The maximum Gasteiger partial charge on any atom is 0.191 e. The predicted molar refractivity (Wildman–Crippen MR) is 104 cm³/mol. The van der Waals surface area contributed by atoms with Crippen LogP contribution in [0, 0.1) is 0 Å². The van der Waals surface area contributed by atoms with Gasteiger partial charge in [0, 0.05) is 36.8 Å². The van der Waals surface area contributed by atoms with Crippen LogP contribution in [0.15, 0.2) is 23.2 Å². The largest absolute Gasteiger partial charge is 0.376 e. The van der Waals surface area contributed by atoms with E-state index in [-0.39, 0.29) is 24.0 Å². The second-order valence-corrected chi connectivity index (χ2v) is 5.92. The number of benzene rings is 1. The quantitative estimate of drug-likeness (QED) is 0.404. The Hall–Kier alpha value is -0.240. The molecule has 0 amide bonds. The summed E-state index contributed by atoms with van der Waals surface area (Å²) in [6.07, 6.45) is 3.40. The SMILES string of the molecule is CN=C(NCCc1cc(Cl)cc(Cl)c1)NCC1CCCO1.I. The molecule has 0 aliphatic carbocycles. The molecule has 1 aromatic carbocycles. The number of hydrogen-bond acceptors (Lipinski definition) is 2. The van der Waals surface area contributed by atoms with Gasteiger partial charge in [-0.25, -0.2) is 0 Å². The maximum atomic E-state index is 5.99. The first-order valence-corrected chi connectivity index (χ1v) is 7.94. The van der Waals surface area contributed by atoms with Crippen molar-refractivity contribution in [1.82, 2.24) is 10.6 Å². The first-order chi connectivity index (χ1) is 10.2. The van der Waals surface area contributed by atoms with Gasteiger partial charge in [-0.15, -0.1) is 24.0 Å². The fraction of sp³-hybridized carbons (Fsp3) is 0.533. The smallest absolute Gasteiger partial charge is 0.191 e. The number of hydrogen-bond donors (Lipinski definition) is 2. The lowest BCUT2D eigenvalue weighted by Gasteiger charge is -2.15. The molecule has 1 saturated heterocycles. The van der Waals surface area contributed by atoms with Gasteiger partial charge in [-0.05, 0) is 43.0 Å². The third kappa shape index (κ3) is 6.89. The molecule has 1 heterocycles. The zero-order chi connectivity index (χ0) is 15.1. The molecule has 22 heavy (non-hydrogen) atoms. The Bertz CT molecular complexity index is 473. The van der Waals surface area contributed by atoms with Gasteiger partial charge in [0.25, 0.3) is 0 Å². The molecule has 0 aromatic heterocycles. The molecule has 1 aliphatic rings. The van der Waals surface area contributed by atoms with Gasteiger partial charge in [0.2, 0.25) is 0 Å². The second-order valence-electron chi connectivity index (χ2n) is 5.04. The van der Waals surface area contributed by atoms with Crippen molar-refractivity contribution in [3.8, 4) is 0 Å². The molecular formula is C15H22Cl2IN3O. The molecule has 0 radical (unpaired) electrons. The fourth-order valence-corrected chi connectivity index (χ4v) is 2.89. The normalized spacial score (nSPS) is 18.0. The van der Waals surface area contributed by atoms with Gasteiger partial charge in [-0.1, -0.05) is 23.2 Å². The number of halogens is 3. The van der Waals surface area contributed by atoms with Crippen molar-refractivity contribution in [3.05, 3.63) is 33.8 Å². The molecule has 4 nitrogen and oxygen atoms in total. The topological polar surface area (TPSA) is 45.7 Å². The second kappa shape index (κ2) is 10.5. The summed E-state index contributed by atoms with van der Waals surface area (Å²) < 4.78 is 5.57. The average molecular weight is 458 g/mol.